The minimum absolute atomic E-state index is 0.287. The van der Waals surface area contributed by atoms with Crippen molar-refractivity contribution >= 4 is 5.97 Å². The number of rotatable bonds is 7. The minimum atomic E-state index is -0.619. The third-order valence-corrected chi connectivity index (χ3v) is 3.62. The molecule has 1 atom stereocenters. The number of carboxylic acids is 1. The molecule has 0 aromatic rings. The van der Waals surface area contributed by atoms with Crippen LogP contribution in [0.5, 0.6) is 0 Å². The van der Waals surface area contributed by atoms with Crippen molar-refractivity contribution < 1.29 is 9.90 Å². The molecular formula is C12H24O2. The maximum atomic E-state index is 11.3. The van der Waals surface area contributed by atoms with Gasteiger partial charge in [-0.15, -0.1) is 0 Å². The van der Waals surface area contributed by atoms with Crippen LogP contribution in [0.4, 0.5) is 0 Å². The Kier molecular flexibility index (Phi) is 5.82. The van der Waals surface area contributed by atoms with Crippen molar-refractivity contribution in [3.63, 3.8) is 0 Å². The monoisotopic (exact) mass is 200 g/mol. The summed E-state index contributed by atoms with van der Waals surface area (Å²) in [5, 5.41) is 9.29. The van der Waals surface area contributed by atoms with Crippen LogP contribution in [0.3, 0.4) is 0 Å². The molecule has 0 radical (unpaired) electrons. The van der Waals surface area contributed by atoms with Crippen LogP contribution in [-0.2, 0) is 4.79 Å². The van der Waals surface area contributed by atoms with E-state index in [4.69, 9.17) is 0 Å². The second-order valence-electron chi connectivity index (χ2n) is 4.21. The molecular weight excluding hydrogens is 176 g/mol. The first-order chi connectivity index (χ1) is 6.55. The molecule has 0 heterocycles. The number of aliphatic carboxylic acids is 1. The molecule has 1 unspecified atom stereocenters. The fraction of sp³-hybridized carbons (Fsp3) is 0.917. The quantitative estimate of drug-likeness (QED) is 0.680. The molecule has 0 aromatic heterocycles. The summed E-state index contributed by atoms with van der Waals surface area (Å²) in [5.41, 5.74) is -0.491. The molecule has 1 N–H and O–H groups in total. The summed E-state index contributed by atoms with van der Waals surface area (Å²) in [5.74, 6) is -0.332. The van der Waals surface area contributed by atoms with E-state index in [0.717, 1.165) is 32.1 Å². The summed E-state index contributed by atoms with van der Waals surface area (Å²) in [6.45, 7) is 8.20. The predicted molar refractivity (Wildman–Crippen MR) is 59.3 cm³/mol. The zero-order valence-electron chi connectivity index (χ0n) is 9.97. The molecule has 0 rings (SSSR count). The van der Waals surface area contributed by atoms with Gasteiger partial charge in [0.1, 0.15) is 0 Å². The van der Waals surface area contributed by atoms with E-state index in [1.54, 1.807) is 0 Å². The van der Waals surface area contributed by atoms with Gasteiger partial charge in [0, 0.05) is 0 Å². The highest BCUT2D eigenvalue weighted by atomic mass is 16.4. The number of carbonyl (C=O) groups is 1. The maximum Gasteiger partial charge on any atom is 0.309 e. The van der Waals surface area contributed by atoms with Gasteiger partial charge in [-0.1, -0.05) is 40.5 Å². The van der Waals surface area contributed by atoms with Crippen LogP contribution in [-0.4, -0.2) is 11.1 Å². The lowest BCUT2D eigenvalue weighted by atomic mass is 9.70. The van der Waals surface area contributed by atoms with E-state index in [2.05, 4.69) is 13.8 Å². The van der Waals surface area contributed by atoms with Crippen LogP contribution in [0.25, 0.3) is 0 Å². The molecule has 0 saturated carbocycles. The normalized spacial score (nSPS) is 14.0. The molecule has 2 nitrogen and oxygen atoms in total. The Balaban J connectivity index is 4.53. The molecule has 0 bridgehead atoms. The molecule has 14 heavy (non-hydrogen) atoms. The molecule has 0 amide bonds. The van der Waals surface area contributed by atoms with E-state index < -0.39 is 11.4 Å². The Labute approximate surface area is 87.7 Å². The Morgan fingerprint density at radius 3 is 2.07 bits per heavy atom. The third-order valence-electron chi connectivity index (χ3n) is 3.62. The molecule has 0 aromatic carbocycles. The van der Waals surface area contributed by atoms with Gasteiger partial charge >= 0.3 is 5.97 Å². The molecule has 0 fully saturated rings. The van der Waals surface area contributed by atoms with Crippen LogP contribution in [0.1, 0.15) is 59.8 Å². The van der Waals surface area contributed by atoms with Crippen molar-refractivity contribution in [3.05, 3.63) is 0 Å². The van der Waals surface area contributed by atoms with Crippen LogP contribution in [0, 0.1) is 11.3 Å². The average Bonchev–Trinajstić information content (AvgIpc) is 2.17. The molecule has 84 valence electrons. The maximum absolute atomic E-state index is 11.3. The van der Waals surface area contributed by atoms with Gasteiger partial charge in [-0.2, -0.15) is 0 Å². The number of hydrogen-bond acceptors (Lipinski definition) is 1. The van der Waals surface area contributed by atoms with E-state index in [-0.39, 0.29) is 5.92 Å². The van der Waals surface area contributed by atoms with Gasteiger partial charge in [0.05, 0.1) is 5.41 Å². The second-order valence-corrected chi connectivity index (χ2v) is 4.21. The van der Waals surface area contributed by atoms with Crippen molar-refractivity contribution in [1.29, 1.82) is 0 Å². The van der Waals surface area contributed by atoms with Crippen molar-refractivity contribution in [2.75, 3.05) is 0 Å². The first kappa shape index (κ1) is 13.5. The van der Waals surface area contributed by atoms with Gasteiger partial charge < -0.3 is 5.11 Å². The Bertz CT molecular complexity index is 171. The molecule has 0 aliphatic heterocycles. The van der Waals surface area contributed by atoms with Crippen molar-refractivity contribution in [2.45, 2.75) is 59.8 Å². The summed E-state index contributed by atoms with van der Waals surface area (Å²) < 4.78 is 0. The van der Waals surface area contributed by atoms with E-state index in [9.17, 15) is 9.90 Å². The van der Waals surface area contributed by atoms with E-state index in [0.29, 0.717) is 0 Å². The van der Waals surface area contributed by atoms with Crippen LogP contribution in [0.15, 0.2) is 0 Å². The standard InChI is InChI=1S/C12H24O2/c1-5-8-9-10(4)12(6-2,7-3)11(13)14/h10H,5-9H2,1-4H3,(H,13,14). The zero-order chi connectivity index (χ0) is 11.2. The summed E-state index contributed by atoms with van der Waals surface area (Å²) in [7, 11) is 0. The van der Waals surface area contributed by atoms with Gasteiger partial charge in [-0.3, -0.25) is 4.79 Å². The van der Waals surface area contributed by atoms with E-state index in [1.807, 2.05) is 13.8 Å². The lowest BCUT2D eigenvalue weighted by molar-refractivity contribution is -0.153. The van der Waals surface area contributed by atoms with Crippen LogP contribution >= 0.6 is 0 Å². The zero-order valence-corrected chi connectivity index (χ0v) is 9.97. The largest absolute Gasteiger partial charge is 0.481 e. The molecule has 0 saturated heterocycles. The molecule has 0 aliphatic carbocycles. The van der Waals surface area contributed by atoms with Gasteiger partial charge in [0.2, 0.25) is 0 Å². The molecule has 2 heteroatoms. The summed E-state index contributed by atoms with van der Waals surface area (Å²) in [6, 6.07) is 0. The summed E-state index contributed by atoms with van der Waals surface area (Å²) >= 11 is 0. The fourth-order valence-electron chi connectivity index (χ4n) is 2.25. The van der Waals surface area contributed by atoms with Crippen molar-refractivity contribution in [3.8, 4) is 0 Å². The first-order valence-corrected chi connectivity index (χ1v) is 5.78. The molecule has 0 aliphatic rings. The topological polar surface area (TPSA) is 37.3 Å². The fourth-order valence-corrected chi connectivity index (χ4v) is 2.25. The number of carboxylic acid groups (broad SMARTS) is 1. The second kappa shape index (κ2) is 6.05. The lowest BCUT2D eigenvalue weighted by Gasteiger charge is -2.33. The van der Waals surface area contributed by atoms with Gasteiger partial charge in [0.15, 0.2) is 0 Å². The molecule has 0 spiro atoms. The van der Waals surface area contributed by atoms with Crippen LogP contribution < -0.4 is 0 Å². The first-order valence-electron chi connectivity index (χ1n) is 5.78. The lowest BCUT2D eigenvalue weighted by Crippen LogP contribution is -2.36. The Hall–Kier alpha value is -0.530. The highest BCUT2D eigenvalue weighted by Crippen LogP contribution is 2.38. The van der Waals surface area contributed by atoms with Crippen LogP contribution in [0.2, 0.25) is 0 Å². The number of hydrogen-bond donors (Lipinski definition) is 1. The Morgan fingerprint density at radius 1 is 1.29 bits per heavy atom. The minimum Gasteiger partial charge on any atom is -0.481 e. The summed E-state index contributed by atoms with van der Waals surface area (Å²) in [6.07, 6.45) is 4.79. The highest BCUT2D eigenvalue weighted by molar-refractivity contribution is 5.74. The van der Waals surface area contributed by atoms with Gasteiger partial charge in [0.25, 0.3) is 0 Å². The average molecular weight is 200 g/mol. The van der Waals surface area contributed by atoms with E-state index in [1.165, 1.54) is 0 Å². The smallest absolute Gasteiger partial charge is 0.309 e. The van der Waals surface area contributed by atoms with Gasteiger partial charge in [-0.05, 0) is 25.2 Å². The number of unbranched alkanes of at least 4 members (excludes halogenated alkanes) is 1. The van der Waals surface area contributed by atoms with E-state index >= 15 is 0 Å². The summed E-state index contributed by atoms with van der Waals surface area (Å²) in [4.78, 5) is 11.3. The van der Waals surface area contributed by atoms with Gasteiger partial charge in [-0.25, -0.2) is 0 Å². The Morgan fingerprint density at radius 2 is 1.79 bits per heavy atom. The predicted octanol–water partition coefficient (Wildman–Crippen LogP) is 3.70. The third kappa shape index (κ3) is 2.73. The highest BCUT2D eigenvalue weighted by Gasteiger charge is 2.39. The SMILES string of the molecule is CCCCC(C)C(CC)(CC)C(=O)O. The van der Waals surface area contributed by atoms with Crippen molar-refractivity contribution in [1.82, 2.24) is 0 Å². The van der Waals surface area contributed by atoms with Crippen molar-refractivity contribution in [2.24, 2.45) is 11.3 Å².